The first kappa shape index (κ1) is 22.4. The number of carbonyl (C=O) groups excluding carboxylic acids is 2. The average Bonchev–Trinajstić information content (AvgIpc) is 3.36. The Labute approximate surface area is 205 Å². The summed E-state index contributed by atoms with van der Waals surface area (Å²) in [6, 6.07) is 14.4. The zero-order valence-electron chi connectivity index (χ0n) is 18.3. The van der Waals surface area contributed by atoms with Crippen molar-refractivity contribution in [1.82, 2.24) is 15.2 Å². The van der Waals surface area contributed by atoms with Crippen LogP contribution in [-0.4, -0.2) is 41.3 Å². The molecule has 1 saturated carbocycles. The number of amides is 2. The molecular weight excluding hydrogens is 472 g/mol. The number of hydrogen-bond acceptors (Lipinski definition) is 6. The molecule has 1 fully saturated rings. The van der Waals surface area contributed by atoms with E-state index in [1.807, 2.05) is 18.2 Å². The number of nitrogens with one attached hydrogen (secondary N) is 1. The van der Waals surface area contributed by atoms with Gasteiger partial charge < -0.3 is 20.4 Å². The molecule has 5 rings (SSSR count). The van der Waals surface area contributed by atoms with E-state index in [0.717, 1.165) is 23.8 Å². The lowest BCUT2D eigenvalue weighted by Gasteiger charge is -2.22. The predicted octanol–water partition coefficient (Wildman–Crippen LogP) is 5.07. The van der Waals surface area contributed by atoms with Gasteiger partial charge in [-0.2, -0.15) is 0 Å². The Kier molecular flexibility index (Phi) is 6.26. The minimum atomic E-state index is -0.205. The van der Waals surface area contributed by atoms with Gasteiger partial charge in [0, 0.05) is 30.0 Å². The van der Waals surface area contributed by atoms with Crippen molar-refractivity contribution in [3.8, 4) is 10.4 Å². The summed E-state index contributed by atoms with van der Waals surface area (Å²) >= 11 is 7.43. The summed E-state index contributed by atoms with van der Waals surface area (Å²) < 4.78 is 5.38. The maximum atomic E-state index is 13.5. The molecule has 9 heteroatoms. The zero-order chi connectivity index (χ0) is 23.7. The van der Waals surface area contributed by atoms with E-state index >= 15 is 0 Å². The number of halogens is 1. The van der Waals surface area contributed by atoms with Gasteiger partial charge in [0.2, 0.25) is 0 Å². The first-order valence-corrected chi connectivity index (χ1v) is 12.2. The highest BCUT2D eigenvalue weighted by Crippen LogP contribution is 2.35. The third-order valence-corrected chi connectivity index (χ3v) is 6.97. The number of nitrogen functional groups attached to an aromatic ring is 1. The minimum absolute atomic E-state index is 0.194. The fourth-order valence-corrected chi connectivity index (χ4v) is 4.95. The van der Waals surface area contributed by atoms with Crippen molar-refractivity contribution in [3.63, 3.8) is 0 Å². The lowest BCUT2D eigenvalue weighted by atomic mass is 10.1. The molecule has 0 spiro atoms. The van der Waals surface area contributed by atoms with Gasteiger partial charge in [-0.05, 0) is 54.7 Å². The topological polar surface area (TPSA) is 101 Å². The second kappa shape index (κ2) is 9.48. The van der Waals surface area contributed by atoms with Crippen LogP contribution < -0.4 is 11.1 Å². The molecular formula is C25H23ClN4O3S. The van der Waals surface area contributed by atoms with Crippen LogP contribution in [0.3, 0.4) is 0 Å². The van der Waals surface area contributed by atoms with Crippen LogP contribution in [0.15, 0.2) is 59.2 Å². The molecule has 7 nitrogen and oxygen atoms in total. The van der Waals surface area contributed by atoms with E-state index in [-0.39, 0.29) is 11.8 Å². The largest absolute Gasteiger partial charge is 0.464 e. The molecule has 1 aliphatic rings. The van der Waals surface area contributed by atoms with Crippen LogP contribution in [0.2, 0.25) is 5.02 Å². The Balaban J connectivity index is 1.32. The maximum absolute atomic E-state index is 13.5. The van der Waals surface area contributed by atoms with Gasteiger partial charge in [-0.3, -0.25) is 9.59 Å². The number of nitrogens with two attached hydrogens (primary N) is 1. The fraction of sp³-hybridized carbons (Fsp3) is 0.240. The van der Waals surface area contributed by atoms with Crippen molar-refractivity contribution >= 4 is 50.9 Å². The smallest absolute Gasteiger partial charge is 0.274 e. The van der Waals surface area contributed by atoms with Gasteiger partial charge >= 0.3 is 0 Å². The Morgan fingerprint density at radius 3 is 2.82 bits per heavy atom. The second-order valence-electron chi connectivity index (χ2n) is 8.33. The molecule has 3 N–H and O–H groups in total. The van der Waals surface area contributed by atoms with Crippen molar-refractivity contribution in [2.45, 2.75) is 12.8 Å². The number of fused-ring (bicyclic) bond motifs is 1. The number of hydrogen-bond donors (Lipinski definition) is 2. The van der Waals surface area contributed by atoms with E-state index in [4.69, 9.17) is 21.8 Å². The van der Waals surface area contributed by atoms with Gasteiger partial charge in [0.15, 0.2) is 5.13 Å². The molecule has 2 heterocycles. The Morgan fingerprint density at radius 1 is 1.21 bits per heavy atom. The predicted molar refractivity (Wildman–Crippen MR) is 134 cm³/mol. The van der Waals surface area contributed by atoms with Crippen LogP contribution in [0.5, 0.6) is 0 Å². The number of aromatic nitrogens is 1. The van der Waals surface area contributed by atoms with Crippen LogP contribution in [0.25, 0.3) is 21.4 Å². The molecule has 2 amide bonds. The molecule has 2 aromatic carbocycles. The van der Waals surface area contributed by atoms with E-state index in [2.05, 4.69) is 10.3 Å². The van der Waals surface area contributed by atoms with Gasteiger partial charge in [-0.1, -0.05) is 41.1 Å². The molecule has 0 bridgehead atoms. The normalized spacial score (nSPS) is 13.2. The van der Waals surface area contributed by atoms with Gasteiger partial charge in [0.25, 0.3) is 11.8 Å². The van der Waals surface area contributed by atoms with Crippen LogP contribution in [0.4, 0.5) is 5.13 Å². The van der Waals surface area contributed by atoms with E-state index < -0.39 is 0 Å². The van der Waals surface area contributed by atoms with Crippen molar-refractivity contribution in [2.24, 2.45) is 5.92 Å². The highest BCUT2D eigenvalue weighted by atomic mass is 35.5. The number of anilines is 1. The van der Waals surface area contributed by atoms with Crippen LogP contribution in [0.1, 0.15) is 33.7 Å². The lowest BCUT2D eigenvalue weighted by Crippen LogP contribution is -2.40. The summed E-state index contributed by atoms with van der Waals surface area (Å²) in [5.74, 6) is 0.0780. The number of benzene rings is 2. The standard InChI is InChI=1S/C25H23ClN4O3S/c26-17-4-1-3-16(13-17)22-21(29-25(27)34-22)24(32)30(14-15-7-8-15)11-10-28-23(31)19-5-2-6-20-18(19)9-12-33-20/h1-6,9,12-13,15H,7-8,10-11,14H2,(H2,27,29)(H,28,31). The molecule has 4 aromatic rings. The molecule has 174 valence electrons. The van der Waals surface area contributed by atoms with E-state index in [1.54, 1.807) is 41.5 Å². The molecule has 0 aliphatic heterocycles. The monoisotopic (exact) mass is 494 g/mol. The number of thiazole rings is 1. The summed E-state index contributed by atoms with van der Waals surface area (Å²) in [4.78, 5) is 33.1. The third-order valence-electron chi connectivity index (χ3n) is 5.80. The zero-order valence-corrected chi connectivity index (χ0v) is 19.9. The average molecular weight is 495 g/mol. The van der Waals surface area contributed by atoms with Gasteiger partial charge in [-0.25, -0.2) is 4.98 Å². The fourth-order valence-electron chi connectivity index (χ4n) is 3.94. The number of furan rings is 1. The summed E-state index contributed by atoms with van der Waals surface area (Å²) in [7, 11) is 0. The lowest BCUT2D eigenvalue weighted by molar-refractivity contribution is 0.0737. The summed E-state index contributed by atoms with van der Waals surface area (Å²) in [5, 5.41) is 4.60. The molecule has 0 radical (unpaired) electrons. The number of carbonyl (C=O) groups is 2. The molecule has 0 saturated heterocycles. The number of nitrogens with zero attached hydrogens (tertiary/aromatic N) is 2. The highest BCUT2D eigenvalue weighted by molar-refractivity contribution is 7.19. The molecule has 0 atom stereocenters. The van der Waals surface area contributed by atoms with Gasteiger partial charge in [-0.15, -0.1) is 0 Å². The molecule has 0 unspecified atom stereocenters. The second-order valence-corrected chi connectivity index (χ2v) is 9.80. The third kappa shape index (κ3) is 4.78. The SMILES string of the molecule is Nc1nc(C(=O)N(CCNC(=O)c2cccc3occc23)CC2CC2)c(-c2cccc(Cl)c2)s1. The number of rotatable bonds is 8. The van der Waals surface area contributed by atoms with Crippen LogP contribution in [0, 0.1) is 5.92 Å². The minimum Gasteiger partial charge on any atom is -0.464 e. The van der Waals surface area contributed by atoms with Gasteiger partial charge in [0.05, 0.1) is 16.7 Å². The Bertz CT molecular complexity index is 1360. The van der Waals surface area contributed by atoms with Crippen LogP contribution >= 0.6 is 22.9 Å². The van der Waals surface area contributed by atoms with Crippen LogP contribution in [-0.2, 0) is 0 Å². The molecule has 2 aromatic heterocycles. The van der Waals surface area contributed by atoms with E-state index in [1.165, 1.54) is 11.3 Å². The van der Waals surface area contributed by atoms with Crippen molar-refractivity contribution < 1.29 is 14.0 Å². The highest BCUT2D eigenvalue weighted by Gasteiger charge is 2.30. The summed E-state index contributed by atoms with van der Waals surface area (Å²) in [5.41, 5.74) is 8.31. The van der Waals surface area contributed by atoms with Crippen molar-refractivity contribution in [3.05, 3.63) is 71.1 Å². The van der Waals surface area contributed by atoms with E-state index in [9.17, 15) is 9.59 Å². The van der Waals surface area contributed by atoms with E-state index in [0.29, 0.717) is 57.4 Å². The summed E-state index contributed by atoms with van der Waals surface area (Å²) in [6.07, 6.45) is 3.76. The summed E-state index contributed by atoms with van der Waals surface area (Å²) in [6.45, 7) is 1.31. The maximum Gasteiger partial charge on any atom is 0.274 e. The van der Waals surface area contributed by atoms with Crippen molar-refractivity contribution in [2.75, 3.05) is 25.4 Å². The van der Waals surface area contributed by atoms with Crippen molar-refractivity contribution in [1.29, 1.82) is 0 Å². The Hall–Kier alpha value is -3.36. The first-order chi connectivity index (χ1) is 16.5. The quantitative estimate of drug-likeness (QED) is 0.356. The first-order valence-electron chi connectivity index (χ1n) is 11.1. The molecule has 34 heavy (non-hydrogen) atoms. The Morgan fingerprint density at radius 2 is 2.03 bits per heavy atom. The molecule has 1 aliphatic carbocycles. The van der Waals surface area contributed by atoms with Gasteiger partial charge in [0.1, 0.15) is 11.3 Å².